The van der Waals surface area contributed by atoms with Crippen molar-refractivity contribution in [3.8, 4) is 0 Å². The number of hydrogen-bond acceptors (Lipinski definition) is 4. The van der Waals surface area contributed by atoms with Gasteiger partial charge in [0.15, 0.2) is 6.04 Å². The molecule has 1 aromatic rings. The molecule has 2 atom stereocenters. The first-order valence-electron chi connectivity index (χ1n) is 5.14. The molecule has 0 radical (unpaired) electrons. The Bertz CT molecular complexity index is 391. The van der Waals surface area contributed by atoms with Gasteiger partial charge in [0.05, 0.1) is 7.11 Å². The van der Waals surface area contributed by atoms with Crippen molar-refractivity contribution in [1.29, 1.82) is 0 Å². The second-order valence-electron chi connectivity index (χ2n) is 3.56. The molecule has 0 fully saturated rings. The van der Waals surface area contributed by atoms with Crippen molar-refractivity contribution in [3.05, 3.63) is 35.9 Å². The van der Waals surface area contributed by atoms with Crippen molar-refractivity contribution in [3.63, 3.8) is 0 Å². The summed E-state index contributed by atoms with van der Waals surface area (Å²) in [4.78, 5) is 22.4. The summed E-state index contributed by atoms with van der Waals surface area (Å²) in [5.41, 5.74) is 0.539. The van der Waals surface area contributed by atoms with Crippen LogP contribution in [0.5, 0.6) is 0 Å². The average Bonchev–Trinajstić information content (AvgIpc) is 2.35. The van der Waals surface area contributed by atoms with Crippen LogP contribution in [0.25, 0.3) is 0 Å². The van der Waals surface area contributed by atoms with Crippen molar-refractivity contribution >= 4 is 11.9 Å². The number of amides is 1. The fourth-order valence-corrected chi connectivity index (χ4v) is 1.46. The van der Waals surface area contributed by atoms with Gasteiger partial charge in [-0.05, 0) is 5.56 Å². The van der Waals surface area contributed by atoms with Crippen molar-refractivity contribution in [2.24, 2.45) is 0 Å². The van der Waals surface area contributed by atoms with E-state index < -0.39 is 24.0 Å². The van der Waals surface area contributed by atoms with Crippen LogP contribution in [0.4, 0.5) is 0 Å². The molecule has 0 bridgehead atoms. The summed E-state index contributed by atoms with van der Waals surface area (Å²) in [6, 6.07) is 7.51. The zero-order chi connectivity index (χ0) is 12.8. The molecule has 0 saturated heterocycles. The summed E-state index contributed by atoms with van der Waals surface area (Å²) in [5, 5.41) is 12.4. The predicted molar refractivity (Wildman–Crippen MR) is 61.0 cm³/mol. The Morgan fingerprint density at radius 3 is 2.35 bits per heavy atom. The SMILES string of the molecule is COC(=O)C(NC(C)=O)C(O)c1ccccc1. The highest BCUT2D eigenvalue weighted by atomic mass is 16.5. The Kier molecular flexibility index (Phi) is 4.66. The number of carbonyl (C=O) groups is 2. The van der Waals surface area contributed by atoms with Crippen LogP contribution in [-0.4, -0.2) is 30.1 Å². The number of carbonyl (C=O) groups excluding carboxylic acids is 2. The Hall–Kier alpha value is -1.88. The molecule has 17 heavy (non-hydrogen) atoms. The van der Waals surface area contributed by atoms with Crippen molar-refractivity contribution in [1.82, 2.24) is 5.32 Å². The molecular formula is C12H15NO4. The molecule has 0 spiro atoms. The van der Waals surface area contributed by atoms with Gasteiger partial charge in [0.2, 0.25) is 5.91 Å². The number of aliphatic hydroxyl groups excluding tert-OH is 1. The van der Waals surface area contributed by atoms with Gasteiger partial charge in [-0.15, -0.1) is 0 Å². The summed E-state index contributed by atoms with van der Waals surface area (Å²) < 4.78 is 4.54. The molecule has 0 aliphatic carbocycles. The van der Waals surface area contributed by atoms with Crippen LogP contribution in [0.1, 0.15) is 18.6 Å². The largest absolute Gasteiger partial charge is 0.467 e. The van der Waals surface area contributed by atoms with E-state index in [1.54, 1.807) is 30.3 Å². The third-order valence-electron chi connectivity index (χ3n) is 2.27. The maximum absolute atomic E-state index is 11.5. The fraction of sp³-hybridized carbons (Fsp3) is 0.333. The van der Waals surface area contributed by atoms with E-state index >= 15 is 0 Å². The summed E-state index contributed by atoms with van der Waals surface area (Å²) in [6.45, 7) is 1.27. The van der Waals surface area contributed by atoms with E-state index in [4.69, 9.17) is 0 Å². The molecule has 5 nitrogen and oxygen atoms in total. The van der Waals surface area contributed by atoms with Crippen LogP contribution in [0.15, 0.2) is 30.3 Å². The maximum atomic E-state index is 11.5. The quantitative estimate of drug-likeness (QED) is 0.743. The van der Waals surface area contributed by atoms with Crippen molar-refractivity contribution < 1.29 is 19.4 Å². The monoisotopic (exact) mass is 237 g/mol. The third-order valence-corrected chi connectivity index (χ3v) is 2.27. The van der Waals surface area contributed by atoms with Gasteiger partial charge in [-0.3, -0.25) is 4.79 Å². The highest BCUT2D eigenvalue weighted by Gasteiger charge is 2.29. The van der Waals surface area contributed by atoms with Gasteiger partial charge < -0.3 is 15.2 Å². The van der Waals surface area contributed by atoms with Gasteiger partial charge in [-0.1, -0.05) is 30.3 Å². The minimum absolute atomic E-state index is 0.407. The molecule has 0 aromatic heterocycles. The standard InChI is InChI=1S/C12H15NO4/c1-8(14)13-10(12(16)17-2)11(15)9-6-4-3-5-7-9/h3-7,10-11,15H,1-2H3,(H,13,14). The number of aliphatic hydroxyl groups is 1. The first-order valence-corrected chi connectivity index (χ1v) is 5.14. The lowest BCUT2D eigenvalue weighted by Crippen LogP contribution is -2.44. The number of rotatable bonds is 4. The molecule has 0 saturated carbocycles. The molecule has 2 unspecified atom stereocenters. The van der Waals surface area contributed by atoms with E-state index in [1.807, 2.05) is 0 Å². The van der Waals surface area contributed by atoms with Crippen LogP contribution in [-0.2, 0) is 14.3 Å². The first kappa shape index (κ1) is 13.2. The second kappa shape index (κ2) is 6.00. The molecule has 0 aliphatic heterocycles. The van der Waals surface area contributed by atoms with Gasteiger partial charge in [0.25, 0.3) is 0 Å². The number of ether oxygens (including phenoxy) is 1. The van der Waals surface area contributed by atoms with Crippen molar-refractivity contribution in [2.45, 2.75) is 19.1 Å². The van der Waals surface area contributed by atoms with E-state index in [-0.39, 0.29) is 0 Å². The van der Waals surface area contributed by atoms with E-state index in [2.05, 4.69) is 10.1 Å². The third kappa shape index (κ3) is 3.57. The molecule has 92 valence electrons. The summed E-state index contributed by atoms with van der Waals surface area (Å²) in [5.74, 6) is -1.09. The summed E-state index contributed by atoms with van der Waals surface area (Å²) in [7, 11) is 1.20. The Morgan fingerprint density at radius 2 is 1.88 bits per heavy atom. The molecule has 5 heteroatoms. The maximum Gasteiger partial charge on any atom is 0.331 e. The molecular weight excluding hydrogens is 222 g/mol. The number of esters is 1. The molecule has 1 aromatic carbocycles. The Labute approximate surface area is 99.4 Å². The molecule has 2 N–H and O–H groups in total. The number of benzene rings is 1. The van der Waals surface area contributed by atoms with Crippen LogP contribution < -0.4 is 5.32 Å². The first-order chi connectivity index (χ1) is 8.06. The Morgan fingerprint density at radius 1 is 1.29 bits per heavy atom. The van der Waals surface area contributed by atoms with E-state index in [1.165, 1.54) is 14.0 Å². The number of nitrogens with one attached hydrogen (secondary N) is 1. The zero-order valence-electron chi connectivity index (χ0n) is 9.71. The van der Waals surface area contributed by atoms with Gasteiger partial charge in [-0.25, -0.2) is 4.79 Å². The molecule has 0 heterocycles. The minimum atomic E-state index is -1.13. The zero-order valence-corrected chi connectivity index (χ0v) is 9.71. The summed E-state index contributed by atoms with van der Waals surface area (Å²) in [6.07, 6.45) is -1.13. The molecule has 0 aliphatic rings. The topological polar surface area (TPSA) is 75.6 Å². The lowest BCUT2D eigenvalue weighted by molar-refractivity contribution is -0.148. The molecule has 1 amide bonds. The van der Waals surface area contributed by atoms with E-state index in [9.17, 15) is 14.7 Å². The number of methoxy groups -OCH3 is 1. The van der Waals surface area contributed by atoms with Crippen LogP contribution in [0, 0.1) is 0 Å². The normalized spacial score (nSPS) is 13.6. The smallest absolute Gasteiger partial charge is 0.331 e. The highest BCUT2D eigenvalue weighted by Crippen LogP contribution is 2.17. The van der Waals surface area contributed by atoms with Crippen LogP contribution in [0.3, 0.4) is 0 Å². The van der Waals surface area contributed by atoms with Gasteiger partial charge in [0, 0.05) is 6.92 Å². The Balaban J connectivity index is 2.90. The minimum Gasteiger partial charge on any atom is -0.467 e. The van der Waals surface area contributed by atoms with Gasteiger partial charge in [-0.2, -0.15) is 0 Å². The lowest BCUT2D eigenvalue weighted by atomic mass is 10.0. The van der Waals surface area contributed by atoms with Crippen LogP contribution in [0.2, 0.25) is 0 Å². The molecule has 1 rings (SSSR count). The summed E-state index contributed by atoms with van der Waals surface area (Å²) >= 11 is 0. The van der Waals surface area contributed by atoms with Crippen LogP contribution >= 0.6 is 0 Å². The average molecular weight is 237 g/mol. The highest BCUT2D eigenvalue weighted by molar-refractivity contribution is 5.83. The number of hydrogen-bond donors (Lipinski definition) is 2. The lowest BCUT2D eigenvalue weighted by Gasteiger charge is -2.21. The fourth-order valence-electron chi connectivity index (χ4n) is 1.46. The van der Waals surface area contributed by atoms with Gasteiger partial charge in [0.1, 0.15) is 6.10 Å². The van der Waals surface area contributed by atoms with Gasteiger partial charge >= 0.3 is 5.97 Å². The van der Waals surface area contributed by atoms with Crippen molar-refractivity contribution in [2.75, 3.05) is 7.11 Å². The van der Waals surface area contributed by atoms with E-state index in [0.717, 1.165) is 0 Å². The van der Waals surface area contributed by atoms with E-state index in [0.29, 0.717) is 5.56 Å². The predicted octanol–water partition coefficient (Wildman–Crippen LogP) is 0.398. The second-order valence-corrected chi connectivity index (χ2v) is 3.56.